The lowest BCUT2D eigenvalue weighted by Gasteiger charge is -2.34. The van der Waals surface area contributed by atoms with Crippen molar-refractivity contribution in [1.82, 2.24) is 0 Å². The van der Waals surface area contributed by atoms with Crippen molar-refractivity contribution in [1.29, 1.82) is 0 Å². The van der Waals surface area contributed by atoms with Gasteiger partial charge in [0.05, 0.1) is 5.69 Å². The van der Waals surface area contributed by atoms with E-state index in [0.29, 0.717) is 35.7 Å². The van der Waals surface area contributed by atoms with Gasteiger partial charge in [-0.1, -0.05) is 24.3 Å². The largest absolute Gasteiger partial charge is 0.478 e. The Labute approximate surface area is 140 Å². The van der Waals surface area contributed by atoms with Gasteiger partial charge in [-0.15, -0.1) is 0 Å². The number of rotatable bonds is 4. The average Bonchev–Trinajstić information content (AvgIpc) is 2.52. The Hall–Kier alpha value is -2.82. The predicted octanol–water partition coefficient (Wildman–Crippen LogP) is 3.32. The van der Waals surface area contributed by atoms with Crippen LogP contribution >= 0.6 is 0 Å². The molecule has 4 nitrogen and oxygen atoms in total. The molecule has 0 saturated carbocycles. The first-order chi connectivity index (χ1) is 11.4. The molecule has 5 heteroatoms. The summed E-state index contributed by atoms with van der Waals surface area (Å²) < 4.78 is 19.2. The molecule has 2 aromatic rings. The number of carbonyl (C=O) groups excluding carboxylic acids is 1. The maximum atomic E-state index is 13.4. The monoisotopic (exact) mass is 326 g/mol. The van der Waals surface area contributed by atoms with E-state index in [1.807, 2.05) is 6.92 Å². The molecule has 124 valence electrons. The first-order valence-electron chi connectivity index (χ1n) is 7.70. The fourth-order valence-corrected chi connectivity index (χ4v) is 2.78. The van der Waals surface area contributed by atoms with Crippen molar-refractivity contribution in [2.45, 2.75) is 19.4 Å². The van der Waals surface area contributed by atoms with Gasteiger partial charge in [0.1, 0.15) is 11.6 Å². The van der Waals surface area contributed by atoms with Gasteiger partial charge < -0.3 is 15.4 Å². The number of ether oxygens (including phenoxy) is 1. The number of fused-ring (bicyclic) bond motifs is 1. The molecule has 24 heavy (non-hydrogen) atoms. The van der Waals surface area contributed by atoms with E-state index in [0.717, 1.165) is 5.57 Å². The number of nitrogens with zero attached hydrogens (tertiary/aromatic N) is 1. The van der Waals surface area contributed by atoms with Gasteiger partial charge in [-0.25, -0.2) is 4.39 Å². The molecule has 1 aliphatic rings. The maximum absolute atomic E-state index is 13.4. The third-order valence-electron chi connectivity index (χ3n) is 3.82. The molecular formula is C19H19FN2O2. The third kappa shape index (κ3) is 3.25. The van der Waals surface area contributed by atoms with Crippen LogP contribution in [0, 0.1) is 5.82 Å². The number of anilines is 2. The minimum atomic E-state index is -0.706. The highest BCUT2D eigenvalue weighted by Gasteiger charge is 2.34. The van der Waals surface area contributed by atoms with Gasteiger partial charge in [-0.05, 0) is 42.8 Å². The molecule has 0 aromatic heterocycles. The summed E-state index contributed by atoms with van der Waals surface area (Å²) in [5, 5.41) is 0. The first-order valence-corrected chi connectivity index (χ1v) is 7.70. The molecule has 1 aliphatic heterocycles. The highest BCUT2D eigenvalue weighted by molar-refractivity contribution is 6.01. The molecule has 0 fully saturated rings. The van der Waals surface area contributed by atoms with Gasteiger partial charge in [-0.3, -0.25) is 4.79 Å². The lowest BCUT2D eigenvalue weighted by molar-refractivity contribution is -0.126. The van der Waals surface area contributed by atoms with Gasteiger partial charge in [0.25, 0.3) is 5.91 Å². The quantitative estimate of drug-likeness (QED) is 0.693. The van der Waals surface area contributed by atoms with Crippen LogP contribution in [0.25, 0.3) is 0 Å². The number of nitrogen functional groups attached to an aromatic ring is 1. The molecular weight excluding hydrogens is 307 g/mol. The second-order valence-electron chi connectivity index (χ2n) is 6.05. The van der Waals surface area contributed by atoms with Crippen LogP contribution in [-0.4, -0.2) is 18.6 Å². The Morgan fingerprint density at radius 1 is 1.33 bits per heavy atom. The highest BCUT2D eigenvalue weighted by atomic mass is 19.1. The van der Waals surface area contributed by atoms with Crippen LogP contribution in [0.15, 0.2) is 54.6 Å². The topological polar surface area (TPSA) is 55.6 Å². The number of hydrogen-bond donors (Lipinski definition) is 1. The molecule has 1 heterocycles. The van der Waals surface area contributed by atoms with Crippen molar-refractivity contribution < 1.29 is 13.9 Å². The van der Waals surface area contributed by atoms with Crippen molar-refractivity contribution in [2.24, 2.45) is 0 Å². The second kappa shape index (κ2) is 6.35. The Morgan fingerprint density at radius 2 is 2.12 bits per heavy atom. The van der Waals surface area contributed by atoms with Gasteiger partial charge in [0.2, 0.25) is 0 Å². The SMILES string of the molecule is C=C(C)CN1C(=O)C(Cc2cccc(F)c2)Oc2ccc(N)cc21. The zero-order valence-electron chi connectivity index (χ0n) is 13.5. The lowest BCUT2D eigenvalue weighted by Crippen LogP contribution is -2.47. The lowest BCUT2D eigenvalue weighted by atomic mass is 10.0. The Morgan fingerprint density at radius 3 is 2.83 bits per heavy atom. The van der Waals surface area contributed by atoms with Crippen molar-refractivity contribution in [3.63, 3.8) is 0 Å². The van der Waals surface area contributed by atoms with Crippen molar-refractivity contribution in [3.05, 3.63) is 66.0 Å². The minimum absolute atomic E-state index is 0.180. The van der Waals surface area contributed by atoms with Crippen molar-refractivity contribution >= 4 is 17.3 Å². The Balaban J connectivity index is 1.94. The van der Waals surface area contributed by atoms with E-state index in [1.165, 1.54) is 12.1 Å². The van der Waals surface area contributed by atoms with Gasteiger partial charge in [0, 0.05) is 18.7 Å². The molecule has 1 atom stereocenters. The summed E-state index contributed by atoms with van der Waals surface area (Å²) in [5.74, 6) is 0.0783. The van der Waals surface area contributed by atoms with Crippen LogP contribution < -0.4 is 15.4 Å². The number of amides is 1. The number of benzene rings is 2. The van der Waals surface area contributed by atoms with Crippen molar-refractivity contribution in [2.75, 3.05) is 17.2 Å². The van der Waals surface area contributed by atoms with E-state index in [9.17, 15) is 9.18 Å². The number of carbonyl (C=O) groups is 1. The molecule has 0 saturated heterocycles. The summed E-state index contributed by atoms with van der Waals surface area (Å²) in [5.41, 5.74) is 8.59. The van der Waals surface area contributed by atoms with Gasteiger partial charge in [0.15, 0.2) is 6.10 Å². The first kappa shape index (κ1) is 16.1. The van der Waals surface area contributed by atoms with Crippen LogP contribution in [0.3, 0.4) is 0 Å². The molecule has 1 amide bonds. The fraction of sp³-hybridized carbons (Fsp3) is 0.211. The maximum Gasteiger partial charge on any atom is 0.268 e. The Bertz CT molecular complexity index is 804. The Kier molecular flexibility index (Phi) is 4.25. The fourth-order valence-electron chi connectivity index (χ4n) is 2.78. The standard InChI is InChI=1S/C19H19FN2O2/c1-12(2)11-22-16-10-15(21)6-7-17(16)24-18(19(22)23)9-13-4-3-5-14(20)8-13/h3-8,10,18H,1,9,11,21H2,2H3. The van der Waals surface area contributed by atoms with Crippen LogP contribution in [0.1, 0.15) is 12.5 Å². The number of hydrogen-bond acceptors (Lipinski definition) is 3. The third-order valence-corrected chi connectivity index (χ3v) is 3.82. The molecule has 0 radical (unpaired) electrons. The zero-order valence-corrected chi connectivity index (χ0v) is 13.5. The summed E-state index contributed by atoms with van der Waals surface area (Å²) in [6.45, 7) is 6.13. The molecule has 2 aromatic carbocycles. The molecule has 1 unspecified atom stereocenters. The summed E-state index contributed by atoms with van der Waals surface area (Å²) in [6.07, 6.45) is -0.408. The summed E-state index contributed by atoms with van der Waals surface area (Å²) in [6, 6.07) is 11.4. The van der Waals surface area contributed by atoms with Gasteiger partial charge >= 0.3 is 0 Å². The summed E-state index contributed by atoms with van der Waals surface area (Å²) in [7, 11) is 0. The van der Waals surface area contributed by atoms with Crippen LogP contribution in [-0.2, 0) is 11.2 Å². The number of halogens is 1. The van der Waals surface area contributed by atoms with Crippen LogP contribution in [0.5, 0.6) is 5.75 Å². The van der Waals surface area contributed by atoms with Crippen LogP contribution in [0.4, 0.5) is 15.8 Å². The molecule has 3 rings (SSSR count). The van der Waals surface area contributed by atoms with Gasteiger partial charge in [-0.2, -0.15) is 0 Å². The van der Waals surface area contributed by atoms with Crippen LogP contribution in [0.2, 0.25) is 0 Å². The van der Waals surface area contributed by atoms with Crippen molar-refractivity contribution in [3.8, 4) is 5.75 Å². The van der Waals surface area contributed by atoms with E-state index in [4.69, 9.17) is 10.5 Å². The normalized spacial score (nSPS) is 16.5. The molecule has 2 N–H and O–H groups in total. The molecule has 0 bridgehead atoms. The smallest absolute Gasteiger partial charge is 0.268 e. The molecule has 0 aliphatic carbocycles. The summed E-state index contributed by atoms with van der Waals surface area (Å²) in [4.78, 5) is 14.5. The van der Waals surface area contributed by atoms with E-state index >= 15 is 0 Å². The second-order valence-corrected chi connectivity index (χ2v) is 6.05. The number of nitrogens with two attached hydrogens (primary N) is 1. The average molecular weight is 326 g/mol. The van der Waals surface area contributed by atoms with E-state index in [2.05, 4.69) is 6.58 Å². The zero-order chi connectivity index (χ0) is 17.3. The van der Waals surface area contributed by atoms with E-state index in [1.54, 1.807) is 35.2 Å². The highest BCUT2D eigenvalue weighted by Crippen LogP contribution is 2.36. The minimum Gasteiger partial charge on any atom is -0.478 e. The predicted molar refractivity (Wildman–Crippen MR) is 92.5 cm³/mol. The van der Waals surface area contributed by atoms with E-state index in [-0.39, 0.29) is 11.7 Å². The summed E-state index contributed by atoms with van der Waals surface area (Å²) >= 11 is 0. The molecule has 0 spiro atoms. The van der Waals surface area contributed by atoms with E-state index < -0.39 is 6.10 Å².